The molecule has 0 unspecified atom stereocenters. The monoisotopic (exact) mass is 546 g/mol. The Hall–Kier alpha value is -4.40. The third-order valence-electron chi connectivity index (χ3n) is 5.65. The molecule has 3 aromatic carbocycles. The van der Waals surface area contributed by atoms with E-state index in [1.54, 1.807) is 0 Å². The molecule has 0 bridgehead atoms. The number of carbonyl (C=O) groups excluding carboxylic acids is 2. The summed E-state index contributed by atoms with van der Waals surface area (Å²) >= 11 is 0. The maximum Gasteiger partial charge on any atom is 0.335 e. The van der Waals surface area contributed by atoms with Gasteiger partial charge in [-0.1, -0.05) is 61.7 Å². The van der Waals surface area contributed by atoms with Gasteiger partial charge in [0.25, 0.3) is 0 Å². The molecule has 210 valence electrons. The van der Waals surface area contributed by atoms with E-state index in [1.807, 2.05) is 48.5 Å². The molecule has 3 aromatic rings. The second-order valence-corrected chi connectivity index (χ2v) is 8.67. The van der Waals surface area contributed by atoms with Gasteiger partial charge >= 0.3 is 11.9 Å². The molecule has 0 spiro atoms. The third-order valence-corrected chi connectivity index (χ3v) is 5.65. The molecule has 0 aliphatic heterocycles. The first kappa shape index (κ1) is 30.1. The van der Waals surface area contributed by atoms with E-state index in [-0.39, 0.29) is 50.8 Å². The number of hydrogen-bond acceptors (Lipinski definition) is 8. The van der Waals surface area contributed by atoms with Gasteiger partial charge in [-0.05, 0) is 46.5 Å². The largest absolute Gasteiger partial charge is 0.490 e. The second-order valence-electron chi connectivity index (χ2n) is 8.67. The summed E-state index contributed by atoms with van der Waals surface area (Å²) in [5.74, 6) is 0.387. The summed E-state index contributed by atoms with van der Waals surface area (Å²) < 4.78 is 31.2. The van der Waals surface area contributed by atoms with Crippen LogP contribution in [0.25, 0.3) is 22.3 Å². The fourth-order valence-corrected chi connectivity index (χ4v) is 3.60. The standard InChI is InChI=1S/C32H34O8/c1-23(21-35-3)31(33)39-19-17-37-29-13-9-27(10-14-29)25-5-7-26(8-6-25)28-11-15-30(16-12-28)38-18-20-40-32(34)24(2)22-36-4/h5-16H,1-2,17-22H2,3-4H3. The zero-order valence-electron chi connectivity index (χ0n) is 22.9. The van der Waals surface area contributed by atoms with Crippen LogP contribution >= 0.6 is 0 Å². The van der Waals surface area contributed by atoms with Crippen LogP contribution in [-0.2, 0) is 28.5 Å². The molecule has 40 heavy (non-hydrogen) atoms. The van der Waals surface area contributed by atoms with Crippen molar-refractivity contribution in [2.24, 2.45) is 0 Å². The number of benzene rings is 3. The molecule has 0 heterocycles. The second kappa shape index (κ2) is 15.9. The lowest BCUT2D eigenvalue weighted by molar-refractivity contribution is -0.141. The predicted octanol–water partition coefficient (Wildman–Crippen LogP) is 5.27. The Balaban J connectivity index is 1.44. The molecule has 0 aromatic heterocycles. The van der Waals surface area contributed by atoms with Gasteiger partial charge in [-0.3, -0.25) is 0 Å². The topological polar surface area (TPSA) is 89.5 Å². The molecule has 0 N–H and O–H groups in total. The van der Waals surface area contributed by atoms with E-state index in [2.05, 4.69) is 37.4 Å². The summed E-state index contributed by atoms with van der Waals surface area (Å²) in [5, 5.41) is 0. The van der Waals surface area contributed by atoms with Gasteiger partial charge in [0.1, 0.15) is 37.9 Å². The maximum atomic E-state index is 11.7. The molecule has 0 radical (unpaired) electrons. The van der Waals surface area contributed by atoms with E-state index >= 15 is 0 Å². The van der Waals surface area contributed by atoms with Gasteiger partial charge < -0.3 is 28.4 Å². The SMILES string of the molecule is C=C(COC)C(=O)OCCOc1ccc(-c2ccc(-c3ccc(OCCOC(=O)C(=C)COC)cc3)cc2)cc1. The summed E-state index contributed by atoms with van der Waals surface area (Å²) in [4.78, 5) is 23.4. The number of carbonyl (C=O) groups is 2. The van der Waals surface area contributed by atoms with Gasteiger partial charge in [-0.2, -0.15) is 0 Å². The quantitative estimate of drug-likeness (QED) is 0.136. The molecule has 0 aliphatic rings. The summed E-state index contributed by atoms with van der Waals surface area (Å²) in [6, 6.07) is 23.7. The molecule has 0 saturated carbocycles. The van der Waals surface area contributed by atoms with Crippen LogP contribution in [0.2, 0.25) is 0 Å². The average Bonchev–Trinajstić information content (AvgIpc) is 2.98. The van der Waals surface area contributed by atoms with Crippen LogP contribution in [0.5, 0.6) is 11.5 Å². The third kappa shape index (κ3) is 9.41. The van der Waals surface area contributed by atoms with Crippen LogP contribution in [0.15, 0.2) is 97.1 Å². The fourth-order valence-electron chi connectivity index (χ4n) is 3.60. The van der Waals surface area contributed by atoms with Gasteiger partial charge in [-0.15, -0.1) is 0 Å². The lowest BCUT2D eigenvalue weighted by atomic mass is 10.0. The highest BCUT2D eigenvalue weighted by molar-refractivity contribution is 5.88. The van der Waals surface area contributed by atoms with Gasteiger partial charge in [0.2, 0.25) is 0 Å². The van der Waals surface area contributed by atoms with Crippen molar-refractivity contribution in [3.05, 3.63) is 97.1 Å². The van der Waals surface area contributed by atoms with Crippen molar-refractivity contribution in [3.8, 4) is 33.8 Å². The predicted molar refractivity (Wildman–Crippen MR) is 152 cm³/mol. The van der Waals surface area contributed by atoms with Crippen LogP contribution < -0.4 is 9.47 Å². The minimum absolute atomic E-state index is 0.124. The number of ether oxygens (including phenoxy) is 6. The molecule has 0 saturated heterocycles. The van der Waals surface area contributed by atoms with E-state index in [9.17, 15) is 9.59 Å². The van der Waals surface area contributed by atoms with E-state index in [4.69, 9.17) is 28.4 Å². The molecular weight excluding hydrogens is 512 g/mol. The average molecular weight is 547 g/mol. The first-order chi connectivity index (χ1) is 19.4. The molecule has 0 fully saturated rings. The van der Waals surface area contributed by atoms with Crippen molar-refractivity contribution >= 4 is 11.9 Å². The highest BCUT2D eigenvalue weighted by Gasteiger charge is 2.09. The van der Waals surface area contributed by atoms with Crippen molar-refractivity contribution in [2.45, 2.75) is 0 Å². The zero-order chi connectivity index (χ0) is 28.7. The molecule has 3 rings (SSSR count). The number of rotatable bonds is 16. The normalized spacial score (nSPS) is 10.4. The van der Waals surface area contributed by atoms with Crippen molar-refractivity contribution in [2.75, 3.05) is 53.9 Å². The highest BCUT2D eigenvalue weighted by Crippen LogP contribution is 2.27. The molecule has 0 atom stereocenters. The van der Waals surface area contributed by atoms with Crippen molar-refractivity contribution in [3.63, 3.8) is 0 Å². The van der Waals surface area contributed by atoms with Crippen LogP contribution in [0, 0.1) is 0 Å². The number of esters is 2. The van der Waals surface area contributed by atoms with E-state index in [1.165, 1.54) is 14.2 Å². The zero-order valence-corrected chi connectivity index (χ0v) is 22.9. The van der Waals surface area contributed by atoms with Crippen LogP contribution in [0.3, 0.4) is 0 Å². The van der Waals surface area contributed by atoms with Gasteiger partial charge in [0.15, 0.2) is 0 Å². The van der Waals surface area contributed by atoms with Gasteiger partial charge in [0, 0.05) is 14.2 Å². The Morgan fingerprint density at radius 1 is 0.525 bits per heavy atom. The van der Waals surface area contributed by atoms with Crippen LogP contribution in [-0.4, -0.2) is 65.8 Å². The summed E-state index contributed by atoms with van der Waals surface area (Å²) in [5.41, 5.74) is 4.78. The molecular formula is C32H34O8. The van der Waals surface area contributed by atoms with E-state index in [0.717, 1.165) is 22.3 Å². The highest BCUT2D eigenvalue weighted by atomic mass is 16.6. The minimum Gasteiger partial charge on any atom is -0.490 e. The van der Waals surface area contributed by atoms with E-state index in [0.29, 0.717) is 11.5 Å². The Morgan fingerprint density at radius 3 is 1.12 bits per heavy atom. The Morgan fingerprint density at radius 2 is 0.825 bits per heavy atom. The number of methoxy groups -OCH3 is 2. The van der Waals surface area contributed by atoms with Crippen molar-refractivity contribution in [1.29, 1.82) is 0 Å². The minimum atomic E-state index is -0.491. The summed E-state index contributed by atoms with van der Waals surface area (Å²) in [6.07, 6.45) is 0. The Kier molecular flexibility index (Phi) is 12.0. The molecule has 8 heteroatoms. The fraction of sp³-hybridized carbons (Fsp3) is 0.250. The number of hydrogen-bond donors (Lipinski definition) is 0. The first-order valence-electron chi connectivity index (χ1n) is 12.7. The molecule has 0 amide bonds. The Labute approximate surface area is 234 Å². The van der Waals surface area contributed by atoms with Gasteiger partial charge in [0.05, 0.1) is 24.4 Å². The van der Waals surface area contributed by atoms with Crippen LogP contribution in [0.4, 0.5) is 0 Å². The first-order valence-corrected chi connectivity index (χ1v) is 12.7. The summed E-state index contributed by atoms with van der Waals surface area (Å²) in [6.45, 7) is 8.22. The van der Waals surface area contributed by atoms with Crippen LogP contribution in [0.1, 0.15) is 0 Å². The lowest BCUT2D eigenvalue weighted by Gasteiger charge is -2.10. The van der Waals surface area contributed by atoms with Crippen molar-refractivity contribution in [1.82, 2.24) is 0 Å². The van der Waals surface area contributed by atoms with E-state index < -0.39 is 11.9 Å². The molecule has 0 aliphatic carbocycles. The smallest absolute Gasteiger partial charge is 0.335 e. The maximum absolute atomic E-state index is 11.7. The molecule has 8 nitrogen and oxygen atoms in total. The van der Waals surface area contributed by atoms with Gasteiger partial charge in [-0.25, -0.2) is 9.59 Å². The summed E-state index contributed by atoms with van der Waals surface area (Å²) in [7, 11) is 2.98. The Bertz CT molecular complexity index is 1160. The van der Waals surface area contributed by atoms with Crippen molar-refractivity contribution < 1.29 is 38.0 Å². The lowest BCUT2D eigenvalue weighted by Crippen LogP contribution is -2.15.